The molecule has 2 nitrogen and oxygen atoms in total. The molecule has 4 atom stereocenters. The van der Waals surface area contributed by atoms with Gasteiger partial charge in [0.25, 0.3) is 0 Å². The van der Waals surface area contributed by atoms with Gasteiger partial charge in [0.2, 0.25) is 0 Å². The zero-order valence-corrected chi connectivity index (χ0v) is 14.0. The molecule has 4 heterocycles. The van der Waals surface area contributed by atoms with Gasteiger partial charge in [0.1, 0.15) is 0 Å². The molecule has 116 valence electrons. The highest BCUT2D eigenvalue weighted by molar-refractivity contribution is 4.92. The summed E-state index contributed by atoms with van der Waals surface area (Å²) in [5, 5.41) is 0. The number of hydrogen-bond acceptors (Lipinski definition) is 2. The summed E-state index contributed by atoms with van der Waals surface area (Å²) in [7, 11) is 4.60. The molecule has 0 aromatic rings. The summed E-state index contributed by atoms with van der Waals surface area (Å²) in [5.74, 6) is 1.99. The summed E-state index contributed by atoms with van der Waals surface area (Å²) >= 11 is 0. The largest absolute Gasteiger partial charge is 0.300 e. The fourth-order valence-electron chi connectivity index (χ4n) is 5.37. The molecule has 0 radical (unpaired) electrons. The van der Waals surface area contributed by atoms with Crippen LogP contribution >= 0.6 is 0 Å². The van der Waals surface area contributed by atoms with Crippen LogP contribution in [0.1, 0.15) is 65.2 Å². The van der Waals surface area contributed by atoms with Crippen molar-refractivity contribution < 1.29 is 0 Å². The van der Waals surface area contributed by atoms with Gasteiger partial charge in [-0.25, -0.2) is 0 Å². The molecule has 4 saturated heterocycles. The third-order valence-electron chi connectivity index (χ3n) is 6.67. The van der Waals surface area contributed by atoms with Crippen molar-refractivity contribution in [3.8, 4) is 0 Å². The van der Waals surface area contributed by atoms with Crippen molar-refractivity contribution in [2.45, 2.75) is 89.4 Å². The van der Waals surface area contributed by atoms with E-state index in [1.165, 1.54) is 51.4 Å². The van der Waals surface area contributed by atoms with Crippen LogP contribution in [0.4, 0.5) is 0 Å². The number of rotatable bonds is 0. The lowest BCUT2D eigenvalue weighted by molar-refractivity contribution is 0.142. The van der Waals surface area contributed by atoms with E-state index in [-0.39, 0.29) is 0 Å². The van der Waals surface area contributed by atoms with E-state index in [0.29, 0.717) is 0 Å². The molecule has 0 amide bonds. The molecule has 0 saturated carbocycles. The van der Waals surface area contributed by atoms with Crippen LogP contribution in [-0.4, -0.2) is 48.1 Å². The Kier molecular flexibility index (Phi) is 4.42. The van der Waals surface area contributed by atoms with Gasteiger partial charge in [-0.2, -0.15) is 0 Å². The first kappa shape index (κ1) is 14.8. The first-order valence-corrected chi connectivity index (χ1v) is 8.98. The Balaban J connectivity index is 0.000000121. The lowest BCUT2D eigenvalue weighted by Gasteiger charge is -2.34. The highest BCUT2D eigenvalue weighted by Gasteiger charge is 2.37. The molecular weight excluding hydrogens is 244 g/mol. The Morgan fingerprint density at radius 3 is 1.05 bits per heavy atom. The van der Waals surface area contributed by atoms with Crippen molar-refractivity contribution in [3.05, 3.63) is 0 Å². The van der Waals surface area contributed by atoms with Gasteiger partial charge in [-0.15, -0.1) is 0 Å². The minimum absolute atomic E-state index is 0.939. The number of fused-ring (bicyclic) bond motifs is 4. The van der Waals surface area contributed by atoms with E-state index >= 15 is 0 Å². The average molecular weight is 278 g/mol. The Morgan fingerprint density at radius 1 is 0.550 bits per heavy atom. The maximum atomic E-state index is 2.60. The lowest BCUT2D eigenvalue weighted by atomic mass is 9.93. The van der Waals surface area contributed by atoms with Crippen molar-refractivity contribution in [1.82, 2.24) is 9.80 Å². The maximum absolute atomic E-state index is 2.60. The third-order valence-corrected chi connectivity index (χ3v) is 6.67. The van der Waals surface area contributed by atoms with Crippen molar-refractivity contribution in [1.29, 1.82) is 0 Å². The van der Waals surface area contributed by atoms with E-state index in [9.17, 15) is 0 Å². The normalized spacial score (nSPS) is 48.0. The van der Waals surface area contributed by atoms with Gasteiger partial charge < -0.3 is 9.80 Å². The fraction of sp³-hybridized carbons (Fsp3) is 1.00. The molecule has 0 spiro atoms. The smallest absolute Gasteiger partial charge is 0.00982 e. The molecule has 2 heteroatoms. The maximum Gasteiger partial charge on any atom is 0.00982 e. The molecular formula is C18H34N2. The predicted molar refractivity (Wildman–Crippen MR) is 85.9 cm³/mol. The molecule has 4 fully saturated rings. The van der Waals surface area contributed by atoms with Crippen LogP contribution in [0, 0.1) is 11.8 Å². The summed E-state index contributed by atoms with van der Waals surface area (Å²) in [4.78, 5) is 5.19. The van der Waals surface area contributed by atoms with Gasteiger partial charge >= 0.3 is 0 Å². The Labute approximate surface area is 125 Å². The van der Waals surface area contributed by atoms with Gasteiger partial charge in [-0.3, -0.25) is 0 Å². The van der Waals surface area contributed by atoms with E-state index in [4.69, 9.17) is 0 Å². The zero-order chi connectivity index (χ0) is 14.3. The molecule has 4 unspecified atom stereocenters. The molecule has 20 heavy (non-hydrogen) atoms. The SMILES string of the molecule is CC1CC2CCC(C1)N2C.CC1CC2CCC(C1)N2C. The second-order valence-electron chi connectivity index (χ2n) is 8.25. The standard InChI is InChI=1S/2C9H17N/c2*1-7-5-8-3-4-9(6-7)10(8)2/h2*7-9H,3-6H2,1-2H3. The van der Waals surface area contributed by atoms with Crippen LogP contribution in [0.5, 0.6) is 0 Å². The fourth-order valence-corrected chi connectivity index (χ4v) is 5.37. The Morgan fingerprint density at radius 2 is 0.800 bits per heavy atom. The lowest BCUT2D eigenvalue weighted by Crippen LogP contribution is -2.39. The molecule has 0 N–H and O–H groups in total. The summed E-state index contributed by atoms with van der Waals surface area (Å²) in [6.45, 7) is 4.80. The average Bonchev–Trinajstić information content (AvgIpc) is 2.77. The molecule has 0 aromatic carbocycles. The number of piperidine rings is 2. The number of hydrogen-bond donors (Lipinski definition) is 0. The summed E-state index contributed by atoms with van der Waals surface area (Å²) < 4.78 is 0. The van der Waals surface area contributed by atoms with Crippen LogP contribution in [-0.2, 0) is 0 Å². The van der Waals surface area contributed by atoms with Crippen LogP contribution in [0.3, 0.4) is 0 Å². The highest BCUT2D eigenvalue weighted by Crippen LogP contribution is 2.37. The first-order chi connectivity index (χ1) is 9.54. The van der Waals surface area contributed by atoms with E-state index in [1.807, 2.05) is 0 Å². The Hall–Kier alpha value is -0.0800. The van der Waals surface area contributed by atoms with Crippen molar-refractivity contribution in [2.75, 3.05) is 14.1 Å². The summed E-state index contributed by atoms with van der Waals surface area (Å²) in [5.41, 5.74) is 0. The molecule has 0 aromatic heterocycles. The van der Waals surface area contributed by atoms with Gasteiger partial charge in [0.05, 0.1) is 0 Å². The van der Waals surface area contributed by atoms with Gasteiger partial charge in [-0.05, 0) is 77.3 Å². The van der Waals surface area contributed by atoms with Gasteiger partial charge in [0, 0.05) is 24.2 Å². The summed E-state index contributed by atoms with van der Waals surface area (Å²) in [6, 6.07) is 3.75. The molecule has 0 aliphatic carbocycles. The second-order valence-corrected chi connectivity index (χ2v) is 8.25. The summed E-state index contributed by atoms with van der Waals surface area (Å²) in [6.07, 6.45) is 11.7. The second kappa shape index (κ2) is 5.96. The molecule has 4 rings (SSSR count). The third kappa shape index (κ3) is 2.92. The molecule has 4 aliphatic heterocycles. The zero-order valence-electron chi connectivity index (χ0n) is 14.0. The van der Waals surface area contributed by atoms with E-state index in [0.717, 1.165) is 36.0 Å². The van der Waals surface area contributed by atoms with Crippen molar-refractivity contribution in [2.24, 2.45) is 11.8 Å². The van der Waals surface area contributed by atoms with Crippen LogP contribution < -0.4 is 0 Å². The monoisotopic (exact) mass is 278 g/mol. The minimum atomic E-state index is 0.939. The molecule has 4 aliphatic rings. The van der Waals surface area contributed by atoms with Crippen LogP contribution in [0.15, 0.2) is 0 Å². The molecule has 4 bridgehead atoms. The van der Waals surface area contributed by atoms with E-state index in [2.05, 4.69) is 37.7 Å². The highest BCUT2D eigenvalue weighted by atomic mass is 15.2. The van der Waals surface area contributed by atoms with E-state index in [1.54, 1.807) is 0 Å². The van der Waals surface area contributed by atoms with Gasteiger partial charge in [0.15, 0.2) is 0 Å². The Bertz CT molecular complexity index is 269. The van der Waals surface area contributed by atoms with Crippen LogP contribution in [0.25, 0.3) is 0 Å². The van der Waals surface area contributed by atoms with Crippen molar-refractivity contribution >= 4 is 0 Å². The predicted octanol–water partition coefficient (Wildman–Crippen LogP) is 3.76. The van der Waals surface area contributed by atoms with Crippen LogP contribution in [0.2, 0.25) is 0 Å². The topological polar surface area (TPSA) is 6.48 Å². The first-order valence-electron chi connectivity index (χ1n) is 8.98. The van der Waals surface area contributed by atoms with E-state index < -0.39 is 0 Å². The van der Waals surface area contributed by atoms with Crippen molar-refractivity contribution in [3.63, 3.8) is 0 Å². The quantitative estimate of drug-likeness (QED) is 0.666. The number of nitrogens with zero attached hydrogens (tertiary/aromatic N) is 2. The van der Waals surface area contributed by atoms with Gasteiger partial charge in [-0.1, -0.05) is 13.8 Å². The minimum Gasteiger partial charge on any atom is -0.300 e.